The van der Waals surface area contributed by atoms with Gasteiger partial charge < -0.3 is 4.42 Å². The monoisotopic (exact) mass is 167 g/mol. The van der Waals surface area contributed by atoms with Crippen LogP contribution in [0.2, 0.25) is 5.02 Å². The first-order valence-corrected chi connectivity index (χ1v) is 3.65. The summed E-state index contributed by atoms with van der Waals surface area (Å²) in [5, 5.41) is 0.614. The molecule has 2 aromatic rings. The number of hydrogen-bond donors (Lipinski definition) is 0. The van der Waals surface area contributed by atoms with E-state index in [9.17, 15) is 0 Å². The summed E-state index contributed by atoms with van der Waals surface area (Å²) in [5.74, 6) is 0. The van der Waals surface area contributed by atoms with E-state index in [-0.39, 0.29) is 0 Å². The fraction of sp³-hybridized carbons (Fsp3) is 0.125. The molecule has 0 aliphatic heterocycles. The van der Waals surface area contributed by atoms with Crippen molar-refractivity contribution in [3.05, 3.63) is 29.1 Å². The average Bonchev–Trinajstić information content (AvgIpc) is 2.45. The number of fused-ring (bicyclic) bond motifs is 1. The summed E-state index contributed by atoms with van der Waals surface area (Å²) in [6.07, 6.45) is 1.41. The Morgan fingerprint density at radius 2 is 2.27 bits per heavy atom. The van der Waals surface area contributed by atoms with Crippen molar-refractivity contribution in [2.45, 2.75) is 6.92 Å². The van der Waals surface area contributed by atoms with Crippen molar-refractivity contribution in [3.8, 4) is 0 Å². The van der Waals surface area contributed by atoms with Gasteiger partial charge >= 0.3 is 0 Å². The zero-order chi connectivity index (χ0) is 7.84. The number of rotatable bonds is 0. The predicted octanol–water partition coefficient (Wildman–Crippen LogP) is 2.79. The second kappa shape index (κ2) is 2.24. The van der Waals surface area contributed by atoms with Crippen LogP contribution in [0.15, 0.2) is 22.9 Å². The Balaban J connectivity index is 2.96. The Morgan fingerprint density at radius 1 is 1.45 bits per heavy atom. The number of benzene rings is 1. The molecule has 0 unspecified atom stereocenters. The summed E-state index contributed by atoms with van der Waals surface area (Å²) in [6, 6.07) is 3.73. The predicted molar refractivity (Wildman–Crippen MR) is 43.8 cm³/mol. The van der Waals surface area contributed by atoms with E-state index < -0.39 is 0 Å². The number of halogens is 1. The van der Waals surface area contributed by atoms with Gasteiger partial charge in [0.05, 0.1) is 5.02 Å². The highest BCUT2D eigenvalue weighted by molar-refractivity contribution is 6.34. The summed E-state index contributed by atoms with van der Waals surface area (Å²) in [5.41, 5.74) is 2.60. The summed E-state index contributed by atoms with van der Waals surface area (Å²) in [7, 11) is 0. The minimum absolute atomic E-state index is 0.614. The third-order valence-corrected chi connectivity index (χ3v) is 1.94. The zero-order valence-corrected chi connectivity index (χ0v) is 6.72. The molecule has 11 heavy (non-hydrogen) atoms. The summed E-state index contributed by atoms with van der Waals surface area (Å²) in [4.78, 5) is 4.03. The Kier molecular flexibility index (Phi) is 1.36. The molecule has 3 heteroatoms. The second-order valence-electron chi connectivity index (χ2n) is 2.39. The standard InChI is InChI=1S/C8H6ClNO/c1-5-2-3-6(9)8-7(5)10-4-11-8/h2-4H,1H3. The van der Waals surface area contributed by atoms with Gasteiger partial charge in [0.2, 0.25) is 0 Å². The smallest absolute Gasteiger partial charge is 0.182 e. The molecule has 0 amide bonds. The van der Waals surface area contributed by atoms with Gasteiger partial charge in [0.15, 0.2) is 12.0 Å². The molecule has 0 saturated carbocycles. The molecule has 0 spiro atoms. The lowest BCUT2D eigenvalue weighted by Gasteiger charge is -1.93. The van der Waals surface area contributed by atoms with E-state index in [1.54, 1.807) is 0 Å². The Hall–Kier alpha value is -1.02. The Bertz CT molecular complexity index is 358. The maximum atomic E-state index is 5.84. The highest BCUT2D eigenvalue weighted by Crippen LogP contribution is 2.24. The molecule has 1 aromatic carbocycles. The molecule has 0 saturated heterocycles. The number of aryl methyl sites for hydroxylation is 1. The number of aromatic nitrogens is 1. The summed E-state index contributed by atoms with van der Waals surface area (Å²) < 4.78 is 5.09. The molecule has 0 aliphatic carbocycles. The number of oxazole rings is 1. The van der Waals surface area contributed by atoms with Gasteiger partial charge in [0.1, 0.15) is 5.52 Å². The SMILES string of the molecule is Cc1ccc(Cl)c2ocnc12. The topological polar surface area (TPSA) is 26.0 Å². The first kappa shape index (κ1) is 6.68. The van der Waals surface area contributed by atoms with Gasteiger partial charge in [-0.2, -0.15) is 0 Å². The van der Waals surface area contributed by atoms with Crippen LogP contribution >= 0.6 is 11.6 Å². The van der Waals surface area contributed by atoms with E-state index in [0.717, 1.165) is 11.1 Å². The van der Waals surface area contributed by atoms with E-state index in [2.05, 4.69) is 4.98 Å². The van der Waals surface area contributed by atoms with Crippen molar-refractivity contribution in [1.29, 1.82) is 0 Å². The minimum atomic E-state index is 0.614. The molecule has 56 valence electrons. The van der Waals surface area contributed by atoms with Gasteiger partial charge in [0, 0.05) is 0 Å². The molecule has 0 fully saturated rings. The highest BCUT2D eigenvalue weighted by atomic mass is 35.5. The number of hydrogen-bond acceptors (Lipinski definition) is 2. The molecule has 1 heterocycles. The van der Waals surface area contributed by atoms with E-state index in [0.29, 0.717) is 10.6 Å². The van der Waals surface area contributed by atoms with Gasteiger partial charge in [-0.1, -0.05) is 17.7 Å². The van der Waals surface area contributed by atoms with E-state index in [1.165, 1.54) is 6.39 Å². The molecular weight excluding hydrogens is 162 g/mol. The third-order valence-electron chi connectivity index (χ3n) is 1.64. The summed E-state index contributed by atoms with van der Waals surface area (Å²) in [6.45, 7) is 1.97. The number of nitrogens with zero attached hydrogens (tertiary/aromatic N) is 1. The van der Waals surface area contributed by atoms with Gasteiger partial charge in [-0.05, 0) is 18.6 Å². The first-order chi connectivity index (χ1) is 5.29. The summed E-state index contributed by atoms with van der Waals surface area (Å²) >= 11 is 5.84. The van der Waals surface area contributed by atoms with Crippen molar-refractivity contribution in [1.82, 2.24) is 4.98 Å². The first-order valence-electron chi connectivity index (χ1n) is 3.27. The molecule has 0 aliphatic rings. The van der Waals surface area contributed by atoms with Crippen molar-refractivity contribution in [2.75, 3.05) is 0 Å². The molecule has 2 rings (SSSR count). The molecule has 2 nitrogen and oxygen atoms in total. The van der Waals surface area contributed by atoms with Crippen LogP contribution in [-0.2, 0) is 0 Å². The van der Waals surface area contributed by atoms with Crippen molar-refractivity contribution >= 4 is 22.7 Å². The van der Waals surface area contributed by atoms with Crippen LogP contribution < -0.4 is 0 Å². The fourth-order valence-corrected chi connectivity index (χ4v) is 1.25. The molecule has 0 atom stereocenters. The van der Waals surface area contributed by atoms with E-state index in [4.69, 9.17) is 16.0 Å². The lowest BCUT2D eigenvalue weighted by atomic mass is 10.2. The fourth-order valence-electron chi connectivity index (χ4n) is 1.05. The van der Waals surface area contributed by atoms with Gasteiger partial charge in [-0.25, -0.2) is 4.98 Å². The highest BCUT2D eigenvalue weighted by Gasteiger charge is 2.04. The normalized spacial score (nSPS) is 10.7. The van der Waals surface area contributed by atoms with E-state index >= 15 is 0 Å². The van der Waals surface area contributed by atoms with Gasteiger partial charge in [-0.15, -0.1) is 0 Å². The van der Waals surface area contributed by atoms with Crippen molar-refractivity contribution < 1.29 is 4.42 Å². The molecular formula is C8H6ClNO. The zero-order valence-electron chi connectivity index (χ0n) is 5.97. The lowest BCUT2D eigenvalue weighted by molar-refractivity contribution is 0.602. The van der Waals surface area contributed by atoms with Crippen LogP contribution in [0, 0.1) is 6.92 Å². The van der Waals surface area contributed by atoms with Crippen LogP contribution in [0.3, 0.4) is 0 Å². The Labute approximate surface area is 68.8 Å². The van der Waals surface area contributed by atoms with Crippen LogP contribution in [-0.4, -0.2) is 4.98 Å². The maximum absolute atomic E-state index is 5.84. The van der Waals surface area contributed by atoms with Crippen molar-refractivity contribution in [3.63, 3.8) is 0 Å². The van der Waals surface area contributed by atoms with E-state index in [1.807, 2.05) is 19.1 Å². The van der Waals surface area contributed by atoms with Crippen molar-refractivity contribution in [2.24, 2.45) is 0 Å². The molecule has 1 aromatic heterocycles. The lowest BCUT2D eigenvalue weighted by Crippen LogP contribution is -1.75. The van der Waals surface area contributed by atoms with Gasteiger partial charge in [-0.3, -0.25) is 0 Å². The molecule has 0 bridgehead atoms. The van der Waals surface area contributed by atoms with Gasteiger partial charge in [0.25, 0.3) is 0 Å². The van der Waals surface area contributed by atoms with Crippen LogP contribution in [0.1, 0.15) is 5.56 Å². The van der Waals surface area contributed by atoms with Crippen LogP contribution in [0.4, 0.5) is 0 Å². The minimum Gasteiger partial charge on any atom is -0.442 e. The largest absolute Gasteiger partial charge is 0.442 e. The third kappa shape index (κ3) is 0.906. The average molecular weight is 168 g/mol. The Morgan fingerprint density at radius 3 is 3.00 bits per heavy atom. The molecule has 0 N–H and O–H groups in total. The quantitative estimate of drug-likeness (QED) is 0.603. The van der Waals surface area contributed by atoms with Crippen LogP contribution in [0.25, 0.3) is 11.1 Å². The van der Waals surface area contributed by atoms with Crippen LogP contribution in [0.5, 0.6) is 0 Å². The maximum Gasteiger partial charge on any atom is 0.182 e. The second-order valence-corrected chi connectivity index (χ2v) is 2.80. The molecule has 0 radical (unpaired) electrons.